The van der Waals surface area contributed by atoms with Crippen LogP contribution >= 0.6 is 0 Å². The molecule has 5 nitrogen and oxygen atoms in total. The van der Waals surface area contributed by atoms with Crippen LogP contribution < -0.4 is 0 Å². The van der Waals surface area contributed by atoms with E-state index in [0.29, 0.717) is 5.92 Å². The van der Waals surface area contributed by atoms with E-state index < -0.39 is 0 Å². The highest BCUT2D eigenvalue weighted by molar-refractivity contribution is 5.03. The van der Waals surface area contributed by atoms with Gasteiger partial charge in [0.1, 0.15) is 0 Å². The Morgan fingerprint density at radius 3 is 2.86 bits per heavy atom. The van der Waals surface area contributed by atoms with E-state index in [9.17, 15) is 0 Å². The van der Waals surface area contributed by atoms with Gasteiger partial charge in [0.15, 0.2) is 5.82 Å². The first-order valence-corrected chi connectivity index (χ1v) is 8.33. The van der Waals surface area contributed by atoms with E-state index in [1.165, 1.54) is 38.9 Å². The highest BCUT2D eigenvalue weighted by Gasteiger charge is 2.29. The first kappa shape index (κ1) is 15.0. The third-order valence-corrected chi connectivity index (χ3v) is 4.39. The molecule has 21 heavy (non-hydrogen) atoms. The maximum absolute atomic E-state index is 5.36. The van der Waals surface area contributed by atoms with Crippen molar-refractivity contribution >= 4 is 0 Å². The highest BCUT2D eigenvalue weighted by Crippen LogP contribution is 2.38. The van der Waals surface area contributed by atoms with Gasteiger partial charge in [-0.05, 0) is 44.7 Å². The second kappa shape index (κ2) is 6.44. The van der Waals surface area contributed by atoms with Gasteiger partial charge >= 0.3 is 0 Å². The van der Waals surface area contributed by atoms with Gasteiger partial charge < -0.3 is 9.42 Å². The number of hydrogen-bond acceptors (Lipinski definition) is 5. The van der Waals surface area contributed by atoms with Crippen molar-refractivity contribution in [3.63, 3.8) is 0 Å². The fourth-order valence-electron chi connectivity index (χ4n) is 3.32. The van der Waals surface area contributed by atoms with Gasteiger partial charge in [-0.25, -0.2) is 0 Å². The molecule has 1 atom stereocenters. The Morgan fingerprint density at radius 2 is 2.14 bits per heavy atom. The lowest BCUT2D eigenvalue weighted by Crippen LogP contribution is -2.29. The molecule has 1 aromatic heterocycles. The average Bonchev–Trinajstić information content (AvgIpc) is 3.02. The zero-order valence-electron chi connectivity index (χ0n) is 13.6. The van der Waals surface area contributed by atoms with Crippen LogP contribution in [0, 0.1) is 11.8 Å². The van der Waals surface area contributed by atoms with Gasteiger partial charge in [0.05, 0.1) is 6.54 Å². The van der Waals surface area contributed by atoms with E-state index in [1.807, 2.05) is 0 Å². The van der Waals surface area contributed by atoms with Crippen LogP contribution in [0.2, 0.25) is 0 Å². The SMILES string of the molecule is CC(C)CN1CC[C@H](CN(C)Cc2nc(C3CC3)no2)C1. The average molecular weight is 292 g/mol. The smallest absolute Gasteiger partial charge is 0.240 e. The summed E-state index contributed by atoms with van der Waals surface area (Å²) in [6, 6.07) is 0. The van der Waals surface area contributed by atoms with E-state index >= 15 is 0 Å². The largest absolute Gasteiger partial charge is 0.338 e. The van der Waals surface area contributed by atoms with E-state index in [2.05, 4.69) is 40.8 Å². The molecule has 2 heterocycles. The minimum absolute atomic E-state index is 0.576. The number of nitrogens with zero attached hydrogens (tertiary/aromatic N) is 4. The fraction of sp³-hybridized carbons (Fsp3) is 0.875. The Morgan fingerprint density at radius 1 is 1.33 bits per heavy atom. The van der Waals surface area contributed by atoms with Crippen LogP contribution in [0.25, 0.3) is 0 Å². The van der Waals surface area contributed by atoms with Crippen molar-refractivity contribution in [2.75, 3.05) is 33.2 Å². The van der Waals surface area contributed by atoms with Gasteiger partial charge in [0, 0.05) is 25.6 Å². The van der Waals surface area contributed by atoms with E-state index in [4.69, 9.17) is 4.52 Å². The maximum Gasteiger partial charge on any atom is 0.240 e. The van der Waals surface area contributed by atoms with Crippen LogP contribution in [0.4, 0.5) is 0 Å². The molecule has 0 spiro atoms. The quantitative estimate of drug-likeness (QED) is 0.772. The molecule has 0 radical (unpaired) electrons. The number of aromatic nitrogens is 2. The Bertz CT molecular complexity index is 455. The van der Waals surface area contributed by atoms with Gasteiger partial charge in [-0.15, -0.1) is 0 Å². The third-order valence-electron chi connectivity index (χ3n) is 4.39. The van der Waals surface area contributed by atoms with Crippen molar-refractivity contribution in [2.45, 2.75) is 45.6 Å². The summed E-state index contributed by atoms with van der Waals surface area (Å²) in [4.78, 5) is 9.44. The van der Waals surface area contributed by atoms with Crippen LogP contribution in [0.1, 0.15) is 50.7 Å². The lowest BCUT2D eigenvalue weighted by atomic mass is 10.1. The van der Waals surface area contributed by atoms with Crippen molar-refractivity contribution < 1.29 is 4.52 Å². The zero-order valence-corrected chi connectivity index (χ0v) is 13.6. The minimum Gasteiger partial charge on any atom is -0.338 e. The first-order chi connectivity index (χ1) is 10.1. The van der Waals surface area contributed by atoms with Gasteiger partial charge in [0.2, 0.25) is 5.89 Å². The minimum atomic E-state index is 0.576. The standard InChI is InChI=1S/C16H28N4O/c1-12(2)8-20-7-6-13(10-20)9-19(3)11-15-17-16(18-21-15)14-4-5-14/h12-14H,4-11H2,1-3H3/t13-/m1/s1. The molecule has 1 aliphatic heterocycles. The monoisotopic (exact) mass is 292 g/mol. The van der Waals surface area contributed by atoms with Crippen molar-refractivity contribution in [2.24, 2.45) is 11.8 Å². The molecule has 1 aromatic rings. The van der Waals surface area contributed by atoms with Crippen LogP contribution in [0.15, 0.2) is 4.52 Å². The van der Waals surface area contributed by atoms with Crippen LogP contribution in [-0.2, 0) is 6.54 Å². The zero-order chi connectivity index (χ0) is 14.8. The summed E-state index contributed by atoms with van der Waals surface area (Å²) in [5.74, 6) is 3.81. The van der Waals surface area contributed by atoms with Crippen molar-refractivity contribution in [3.05, 3.63) is 11.7 Å². The molecule has 1 saturated carbocycles. The summed E-state index contributed by atoms with van der Waals surface area (Å²) in [5, 5.41) is 4.09. The molecule has 0 bridgehead atoms. The lowest BCUT2D eigenvalue weighted by Gasteiger charge is -2.21. The van der Waals surface area contributed by atoms with E-state index in [1.54, 1.807) is 0 Å². The summed E-state index contributed by atoms with van der Waals surface area (Å²) in [6.45, 7) is 10.2. The molecule has 2 fully saturated rings. The number of hydrogen-bond donors (Lipinski definition) is 0. The molecule has 1 saturated heterocycles. The Labute approximate surface area is 127 Å². The predicted octanol–water partition coefficient (Wildman–Crippen LogP) is 2.36. The van der Waals surface area contributed by atoms with Crippen LogP contribution in [0.3, 0.4) is 0 Å². The molecule has 1 aliphatic carbocycles. The molecule has 0 aromatic carbocycles. The molecule has 5 heteroatoms. The van der Waals surface area contributed by atoms with E-state index in [-0.39, 0.29) is 0 Å². The highest BCUT2D eigenvalue weighted by atomic mass is 16.5. The molecule has 118 valence electrons. The van der Waals surface area contributed by atoms with Gasteiger partial charge in [-0.1, -0.05) is 19.0 Å². The Hall–Kier alpha value is -0.940. The van der Waals surface area contributed by atoms with Gasteiger partial charge in [-0.2, -0.15) is 4.98 Å². The normalized spacial score (nSPS) is 23.6. The van der Waals surface area contributed by atoms with Crippen LogP contribution in [-0.4, -0.2) is 53.2 Å². The molecule has 0 N–H and O–H groups in total. The number of rotatable bonds is 7. The van der Waals surface area contributed by atoms with Gasteiger partial charge in [0.25, 0.3) is 0 Å². The fourth-order valence-corrected chi connectivity index (χ4v) is 3.32. The summed E-state index contributed by atoms with van der Waals surface area (Å²) >= 11 is 0. The Kier molecular flexibility index (Phi) is 4.60. The summed E-state index contributed by atoms with van der Waals surface area (Å²) in [7, 11) is 2.16. The van der Waals surface area contributed by atoms with Crippen molar-refractivity contribution in [3.8, 4) is 0 Å². The van der Waals surface area contributed by atoms with E-state index in [0.717, 1.165) is 36.6 Å². The first-order valence-electron chi connectivity index (χ1n) is 8.33. The van der Waals surface area contributed by atoms with Crippen LogP contribution in [0.5, 0.6) is 0 Å². The lowest BCUT2D eigenvalue weighted by molar-refractivity contribution is 0.224. The topological polar surface area (TPSA) is 45.4 Å². The second-order valence-corrected chi connectivity index (χ2v) is 7.33. The third kappa shape index (κ3) is 4.27. The second-order valence-electron chi connectivity index (χ2n) is 7.33. The Balaban J connectivity index is 1.42. The summed E-state index contributed by atoms with van der Waals surface area (Å²) in [6.07, 6.45) is 3.76. The molecular formula is C16H28N4O. The summed E-state index contributed by atoms with van der Waals surface area (Å²) < 4.78 is 5.36. The van der Waals surface area contributed by atoms with Crippen molar-refractivity contribution in [1.82, 2.24) is 19.9 Å². The predicted molar refractivity (Wildman–Crippen MR) is 82.0 cm³/mol. The molecule has 3 rings (SSSR count). The molecule has 2 aliphatic rings. The summed E-state index contributed by atoms with van der Waals surface area (Å²) in [5.41, 5.74) is 0. The number of likely N-dealkylation sites (tertiary alicyclic amines) is 1. The molecule has 0 unspecified atom stereocenters. The maximum atomic E-state index is 5.36. The molecular weight excluding hydrogens is 264 g/mol. The van der Waals surface area contributed by atoms with Crippen molar-refractivity contribution in [1.29, 1.82) is 0 Å². The molecule has 0 amide bonds. The van der Waals surface area contributed by atoms with Gasteiger partial charge in [-0.3, -0.25) is 4.90 Å².